The maximum absolute atomic E-state index is 10.9. The zero-order chi connectivity index (χ0) is 12.0. The van der Waals surface area contributed by atoms with E-state index in [4.69, 9.17) is 10.2 Å². The zero-order valence-electron chi connectivity index (χ0n) is 7.49. The normalized spacial score (nSPS) is 11.5. The summed E-state index contributed by atoms with van der Waals surface area (Å²) < 4.78 is 0. The lowest BCUT2D eigenvalue weighted by Gasteiger charge is -2.23. The van der Waals surface area contributed by atoms with Crippen molar-refractivity contribution in [2.24, 2.45) is 0 Å². The maximum Gasteiger partial charge on any atom is 0.327 e. The van der Waals surface area contributed by atoms with E-state index in [9.17, 15) is 19.2 Å². The quantitative estimate of drug-likeness (QED) is 0.293. The number of hydrogen-bond donors (Lipinski definition) is 3. The summed E-state index contributed by atoms with van der Waals surface area (Å²) in [5.74, 6) is -4.29. The molecule has 0 bridgehead atoms. The molecular weight excluding hydrogens is 226 g/mol. The molecule has 0 saturated heterocycles. The fourth-order valence-electron chi connectivity index (χ4n) is 0.865. The lowest BCUT2D eigenvalue weighted by atomic mass is 10.2. The van der Waals surface area contributed by atoms with E-state index in [0.29, 0.717) is 4.90 Å². The number of carbonyl (C=O) groups excluding carboxylic acids is 2. The van der Waals surface area contributed by atoms with Gasteiger partial charge >= 0.3 is 11.9 Å². The lowest BCUT2D eigenvalue weighted by molar-refractivity contribution is -0.154. The molecule has 0 saturated carbocycles. The second-order valence-corrected chi connectivity index (χ2v) is 2.88. The molecule has 84 valence electrons. The Labute approximate surface area is 90.1 Å². The Bertz CT molecular complexity index is 291. The van der Waals surface area contributed by atoms with Crippen molar-refractivity contribution < 1.29 is 29.4 Å². The summed E-state index contributed by atoms with van der Waals surface area (Å²) in [6, 6.07) is -1.43. The first-order chi connectivity index (χ1) is 6.93. The molecule has 1 atom stereocenters. The van der Waals surface area contributed by atoms with Gasteiger partial charge in [0.05, 0.1) is 0 Å². The highest BCUT2D eigenvalue weighted by Crippen LogP contribution is 2.02. The molecule has 0 fully saturated rings. The molecule has 0 heterocycles. The molecule has 0 spiro atoms. The summed E-state index contributed by atoms with van der Waals surface area (Å²) in [4.78, 5) is 42.5. The Balaban J connectivity index is 4.88. The summed E-state index contributed by atoms with van der Waals surface area (Å²) in [6.07, 6.45) is -0.137. The van der Waals surface area contributed by atoms with Crippen LogP contribution in [0.4, 0.5) is 0 Å². The van der Waals surface area contributed by atoms with E-state index in [0.717, 1.165) is 0 Å². The van der Waals surface area contributed by atoms with Gasteiger partial charge in [0.2, 0.25) is 6.29 Å². The first-order valence-corrected chi connectivity index (χ1v) is 4.38. The Morgan fingerprint density at radius 3 is 2.13 bits per heavy atom. The molecule has 0 aliphatic heterocycles. The number of nitrogens with zero attached hydrogens (tertiary/aromatic N) is 1. The van der Waals surface area contributed by atoms with Gasteiger partial charge in [-0.05, 0) is 0 Å². The number of hydrogen-bond acceptors (Lipinski definition) is 5. The van der Waals surface area contributed by atoms with Crippen LogP contribution in [0.2, 0.25) is 0 Å². The fraction of sp³-hybridized carbons (Fsp3) is 0.429. The first-order valence-electron chi connectivity index (χ1n) is 3.75. The fourth-order valence-corrected chi connectivity index (χ4v) is 1.22. The zero-order valence-corrected chi connectivity index (χ0v) is 8.39. The van der Waals surface area contributed by atoms with Crippen LogP contribution in [0, 0.1) is 0 Å². The van der Waals surface area contributed by atoms with Gasteiger partial charge in [-0.25, -0.2) is 4.79 Å². The highest BCUT2D eigenvalue weighted by molar-refractivity contribution is 7.80. The molecule has 2 N–H and O–H groups in total. The largest absolute Gasteiger partial charge is 0.480 e. The third kappa shape index (κ3) is 3.98. The maximum atomic E-state index is 10.9. The number of carboxylic acids is 2. The van der Waals surface area contributed by atoms with Crippen molar-refractivity contribution in [2.75, 3.05) is 12.3 Å². The number of aliphatic carboxylic acids is 2. The number of aldehydes is 1. The average molecular weight is 235 g/mol. The van der Waals surface area contributed by atoms with Gasteiger partial charge in [-0.3, -0.25) is 14.4 Å². The minimum Gasteiger partial charge on any atom is -0.480 e. The SMILES string of the molecule is O=CC(=O)N(CC(=O)O)[C@@H](CS)C(=O)O. The highest BCUT2D eigenvalue weighted by Gasteiger charge is 2.29. The molecule has 7 nitrogen and oxygen atoms in total. The van der Waals surface area contributed by atoms with Crippen molar-refractivity contribution in [3.05, 3.63) is 0 Å². The van der Waals surface area contributed by atoms with Crippen molar-refractivity contribution in [3.63, 3.8) is 0 Å². The molecule has 0 aromatic rings. The summed E-state index contributed by atoms with van der Waals surface area (Å²) in [5.41, 5.74) is 0. The predicted molar refractivity (Wildman–Crippen MR) is 50.7 cm³/mol. The van der Waals surface area contributed by atoms with Gasteiger partial charge in [0, 0.05) is 5.75 Å². The Hall–Kier alpha value is -1.57. The number of rotatable bonds is 6. The van der Waals surface area contributed by atoms with Gasteiger partial charge in [0.25, 0.3) is 5.91 Å². The topological polar surface area (TPSA) is 112 Å². The van der Waals surface area contributed by atoms with Crippen LogP contribution < -0.4 is 0 Å². The van der Waals surface area contributed by atoms with Crippen molar-refractivity contribution >= 4 is 36.8 Å². The van der Waals surface area contributed by atoms with E-state index < -0.39 is 30.4 Å². The van der Waals surface area contributed by atoms with Crippen molar-refractivity contribution in [2.45, 2.75) is 6.04 Å². The van der Waals surface area contributed by atoms with Crippen LogP contribution in [0.1, 0.15) is 0 Å². The molecular formula is C7H9NO6S. The van der Waals surface area contributed by atoms with Crippen LogP contribution in [0.25, 0.3) is 0 Å². The van der Waals surface area contributed by atoms with Gasteiger partial charge in [-0.2, -0.15) is 12.6 Å². The van der Waals surface area contributed by atoms with E-state index in [1.807, 2.05) is 0 Å². The van der Waals surface area contributed by atoms with Crippen LogP contribution in [0.5, 0.6) is 0 Å². The highest BCUT2D eigenvalue weighted by atomic mass is 32.1. The minimum absolute atomic E-state index is 0.137. The van der Waals surface area contributed by atoms with Crippen LogP contribution in [0.3, 0.4) is 0 Å². The Kier molecular flexibility index (Phi) is 5.39. The molecule has 0 radical (unpaired) electrons. The minimum atomic E-state index is -1.43. The third-order valence-corrected chi connectivity index (χ3v) is 1.87. The molecule has 0 unspecified atom stereocenters. The molecule has 0 aliphatic carbocycles. The Morgan fingerprint density at radius 1 is 1.33 bits per heavy atom. The number of amides is 1. The van der Waals surface area contributed by atoms with Crippen molar-refractivity contribution in [1.29, 1.82) is 0 Å². The summed E-state index contributed by atoms with van der Waals surface area (Å²) in [7, 11) is 0. The molecule has 0 rings (SSSR count). The average Bonchev–Trinajstić information content (AvgIpc) is 2.15. The van der Waals surface area contributed by atoms with Gasteiger partial charge in [-0.15, -0.1) is 0 Å². The van der Waals surface area contributed by atoms with E-state index in [-0.39, 0.29) is 12.0 Å². The molecule has 15 heavy (non-hydrogen) atoms. The van der Waals surface area contributed by atoms with E-state index in [2.05, 4.69) is 12.6 Å². The summed E-state index contributed by atoms with van der Waals surface area (Å²) in [5, 5.41) is 17.1. The summed E-state index contributed by atoms with van der Waals surface area (Å²) >= 11 is 3.67. The van der Waals surface area contributed by atoms with Gasteiger partial charge in [0.1, 0.15) is 12.6 Å². The smallest absolute Gasteiger partial charge is 0.327 e. The second-order valence-electron chi connectivity index (χ2n) is 2.51. The number of carbonyl (C=O) groups is 4. The van der Waals surface area contributed by atoms with Crippen LogP contribution >= 0.6 is 12.6 Å². The van der Waals surface area contributed by atoms with Gasteiger partial charge < -0.3 is 15.1 Å². The van der Waals surface area contributed by atoms with Crippen LogP contribution in [0.15, 0.2) is 0 Å². The lowest BCUT2D eigenvalue weighted by Crippen LogP contribution is -2.49. The van der Waals surface area contributed by atoms with Gasteiger partial charge in [0.15, 0.2) is 0 Å². The van der Waals surface area contributed by atoms with Crippen molar-refractivity contribution in [1.82, 2.24) is 4.90 Å². The van der Waals surface area contributed by atoms with E-state index in [1.54, 1.807) is 0 Å². The molecule has 0 aliphatic rings. The predicted octanol–water partition coefficient (Wildman–Crippen LogP) is -1.52. The molecule has 0 aromatic carbocycles. The standard InChI is InChI=1S/C7H9NO6S/c9-2-5(10)8(1-6(11)12)4(3-15)7(13)14/h2,4,15H,1,3H2,(H,11,12)(H,13,14)/t4-/m0/s1. The molecule has 8 heteroatoms. The third-order valence-electron chi connectivity index (χ3n) is 1.52. The first kappa shape index (κ1) is 13.4. The summed E-state index contributed by atoms with van der Waals surface area (Å²) in [6.45, 7) is -0.852. The van der Waals surface area contributed by atoms with E-state index >= 15 is 0 Å². The van der Waals surface area contributed by atoms with Crippen molar-refractivity contribution in [3.8, 4) is 0 Å². The monoisotopic (exact) mass is 235 g/mol. The van der Waals surface area contributed by atoms with Gasteiger partial charge in [-0.1, -0.05) is 0 Å². The second kappa shape index (κ2) is 6.02. The van der Waals surface area contributed by atoms with Crippen LogP contribution in [-0.4, -0.2) is 57.6 Å². The number of thiol groups is 1. The molecule has 0 aromatic heterocycles. The number of carboxylic acid groups (broad SMARTS) is 2. The van der Waals surface area contributed by atoms with Crippen LogP contribution in [-0.2, 0) is 19.2 Å². The van der Waals surface area contributed by atoms with E-state index in [1.165, 1.54) is 0 Å². The Morgan fingerprint density at radius 2 is 1.87 bits per heavy atom. The molecule has 1 amide bonds.